The molecular formula is C6H9NO3. The zero-order valence-corrected chi connectivity index (χ0v) is 5.93. The minimum atomic E-state index is -0.574. The van der Waals surface area contributed by atoms with Crippen LogP contribution in [0.3, 0.4) is 0 Å². The van der Waals surface area contributed by atoms with Gasteiger partial charge in [-0.25, -0.2) is 0 Å². The van der Waals surface area contributed by atoms with Gasteiger partial charge in [0, 0.05) is 13.8 Å². The number of Topliss-reactive ketones (excluding diaryl/α,β-unsaturated/α-hetero) is 2. The maximum absolute atomic E-state index is 10.5. The van der Waals surface area contributed by atoms with Gasteiger partial charge in [0.25, 0.3) is 0 Å². The van der Waals surface area contributed by atoms with Crippen LogP contribution in [0.4, 0.5) is 0 Å². The van der Waals surface area contributed by atoms with Crippen LogP contribution in [0.2, 0.25) is 0 Å². The summed E-state index contributed by atoms with van der Waals surface area (Å²) in [7, 11) is 0. The molecule has 0 rings (SSSR count). The third kappa shape index (κ3) is 3.77. The smallest absolute Gasteiger partial charge is 0.217 e. The fourth-order valence-electron chi connectivity index (χ4n) is 0.329. The third-order valence-electron chi connectivity index (χ3n) is 0.891. The average Bonchev–Trinajstić information content (AvgIpc) is 1.82. The SMILES string of the molecule is CC(=O)NCC(=O)C(C)=O. The predicted octanol–water partition coefficient (Wildman–Crippen LogP) is -0.719. The summed E-state index contributed by atoms with van der Waals surface area (Å²) in [6, 6.07) is 0. The second-order valence-electron chi connectivity index (χ2n) is 1.89. The maximum atomic E-state index is 10.5. The number of ketones is 2. The average molecular weight is 143 g/mol. The number of rotatable bonds is 3. The molecule has 0 saturated carbocycles. The van der Waals surface area contributed by atoms with Crippen molar-refractivity contribution in [3.63, 3.8) is 0 Å². The topological polar surface area (TPSA) is 63.2 Å². The van der Waals surface area contributed by atoms with Gasteiger partial charge >= 0.3 is 0 Å². The van der Waals surface area contributed by atoms with Crippen LogP contribution in [0.15, 0.2) is 0 Å². The van der Waals surface area contributed by atoms with Gasteiger partial charge < -0.3 is 5.32 Å². The molecule has 0 aliphatic carbocycles. The molecule has 56 valence electrons. The lowest BCUT2D eigenvalue weighted by molar-refractivity contribution is -0.135. The molecule has 0 aliphatic rings. The number of nitrogens with one attached hydrogen (secondary N) is 1. The van der Waals surface area contributed by atoms with E-state index in [4.69, 9.17) is 0 Å². The lowest BCUT2D eigenvalue weighted by Crippen LogP contribution is -2.30. The number of carbonyl (C=O) groups excluding carboxylic acids is 3. The molecule has 0 aromatic heterocycles. The molecule has 0 saturated heterocycles. The zero-order chi connectivity index (χ0) is 8.15. The Morgan fingerprint density at radius 3 is 2.00 bits per heavy atom. The molecule has 0 radical (unpaired) electrons. The fraction of sp³-hybridized carbons (Fsp3) is 0.500. The summed E-state index contributed by atoms with van der Waals surface area (Å²) >= 11 is 0. The van der Waals surface area contributed by atoms with E-state index in [2.05, 4.69) is 5.32 Å². The molecule has 0 fully saturated rings. The molecule has 0 aromatic rings. The van der Waals surface area contributed by atoms with Crippen molar-refractivity contribution >= 4 is 17.5 Å². The first kappa shape index (κ1) is 8.81. The summed E-state index contributed by atoms with van der Waals surface area (Å²) in [6.45, 7) is 2.27. The summed E-state index contributed by atoms with van der Waals surface area (Å²) in [5, 5.41) is 2.22. The van der Waals surface area contributed by atoms with Gasteiger partial charge in [-0.1, -0.05) is 0 Å². The van der Waals surface area contributed by atoms with Gasteiger partial charge in [0.1, 0.15) is 0 Å². The first-order valence-corrected chi connectivity index (χ1v) is 2.82. The highest BCUT2D eigenvalue weighted by molar-refractivity contribution is 6.37. The molecular weight excluding hydrogens is 134 g/mol. The van der Waals surface area contributed by atoms with E-state index in [-0.39, 0.29) is 12.5 Å². The van der Waals surface area contributed by atoms with E-state index >= 15 is 0 Å². The molecule has 0 heterocycles. The van der Waals surface area contributed by atoms with E-state index in [0.717, 1.165) is 0 Å². The molecule has 1 N–H and O–H groups in total. The number of carbonyl (C=O) groups is 3. The Morgan fingerprint density at radius 2 is 1.70 bits per heavy atom. The van der Waals surface area contributed by atoms with Crippen LogP contribution >= 0.6 is 0 Å². The summed E-state index contributed by atoms with van der Waals surface area (Å²) in [6.07, 6.45) is 0. The van der Waals surface area contributed by atoms with Gasteiger partial charge in [0.05, 0.1) is 6.54 Å². The van der Waals surface area contributed by atoms with E-state index < -0.39 is 11.6 Å². The van der Waals surface area contributed by atoms with Gasteiger partial charge in [-0.3, -0.25) is 14.4 Å². The molecule has 0 aliphatic heterocycles. The zero-order valence-electron chi connectivity index (χ0n) is 5.93. The van der Waals surface area contributed by atoms with Crippen molar-refractivity contribution in [2.75, 3.05) is 6.54 Å². The molecule has 0 aromatic carbocycles. The van der Waals surface area contributed by atoms with E-state index in [1.54, 1.807) is 0 Å². The molecule has 10 heavy (non-hydrogen) atoms. The monoisotopic (exact) mass is 143 g/mol. The summed E-state index contributed by atoms with van der Waals surface area (Å²) in [5.41, 5.74) is 0. The van der Waals surface area contributed by atoms with Crippen LogP contribution in [0.1, 0.15) is 13.8 Å². The summed E-state index contributed by atoms with van der Waals surface area (Å²) in [5.74, 6) is -1.42. The van der Waals surface area contributed by atoms with Gasteiger partial charge in [-0.2, -0.15) is 0 Å². The van der Waals surface area contributed by atoms with Crippen molar-refractivity contribution in [1.82, 2.24) is 5.32 Å². The Bertz CT molecular complexity index is 174. The number of hydrogen-bond donors (Lipinski definition) is 1. The highest BCUT2D eigenvalue weighted by atomic mass is 16.2. The Balaban J connectivity index is 3.60. The van der Waals surface area contributed by atoms with Crippen molar-refractivity contribution < 1.29 is 14.4 Å². The van der Waals surface area contributed by atoms with Crippen LogP contribution in [-0.2, 0) is 14.4 Å². The summed E-state index contributed by atoms with van der Waals surface area (Å²) < 4.78 is 0. The predicted molar refractivity (Wildman–Crippen MR) is 34.4 cm³/mol. The highest BCUT2D eigenvalue weighted by Crippen LogP contribution is 1.72. The second-order valence-corrected chi connectivity index (χ2v) is 1.89. The van der Waals surface area contributed by atoms with Crippen LogP contribution in [0, 0.1) is 0 Å². The molecule has 0 atom stereocenters. The Morgan fingerprint density at radius 1 is 1.20 bits per heavy atom. The molecule has 1 amide bonds. The first-order chi connectivity index (χ1) is 4.54. The first-order valence-electron chi connectivity index (χ1n) is 2.82. The van der Waals surface area contributed by atoms with E-state index in [1.165, 1.54) is 13.8 Å². The van der Waals surface area contributed by atoms with Crippen LogP contribution in [0.25, 0.3) is 0 Å². The van der Waals surface area contributed by atoms with Crippen molar-refractivity contribution in [1.29, 1.82) is 0 Å². The second kappa shape index (κ2) is 3.76. The van der Waals surface area contributed by atoms with Gasteiger partial charge in [0.2, 0.25) is 11.7 Å². The lowest BCUT2D eigenvalue weighted by Gasteiger charge is -1.95. The highest BCUT2D eigenvalue weighted by Gasteiger charge is 2.06. The number of hydrogen-bond acceptors (Lipinski definition) is 3. The standard InChI is InChI=1S/C6H9NO3/c1-4(8)6(10)3-7-5(2)9/h3H2,1-2H3,(H,7,9). The van der Waals surface area contributed by atoms with Crippen molar-refractivity contribution in [2.45, 2.75) is 13.8 Å². The maximum Gasteiger partial charge on any atom is 0.217 e. The Labute approximate surface area is 58.6 Å². The van der Waals surface area contributed by atoms with Gasteiger partial charge in [0.15, 0.2) is 5.78 Å². The minimum absolute atomic E-state index is 0.190. The quantitative estimate of drug-likeness (QED) is 0.530. The molecule has 4 heteroatoms. The van der Waals surface area contributed by atoms with Gasteiger partial charge in [-0.05, 0) is 0 Å². The fourth-order valence-corrected chi connectivity index (χ4v) is 0.329. The van der Waals surface area contributed by atoms with E-state index in [0.29, 0.717) is 0 Å². The minimum Gasteiger partial charge on any atom is -0.349 e. The molecule has 4 nitrogen and oxygen atoms in total. The van der Waals surface area contributed by atoms with E-state index in [1.807, 2.05) is 0 Å². The van der Waals surface area contributed by atoms with E-state index in [9.17, 15) is 14.4 Å². The molecule has 0 unspecified atom stereocenters. The Kier molecular flexibility index (Phi) is 3.32. The molecule has 0 bridgehead atoms. The van der Waals surface area contributed by atoms with Crippen LogP contribution < -0.4 is 5.32 Å². The van der Waals surface area contributed by atoms with Crippen molar-refractivity contribution in [3.05, 3.63) is 0 Å². The van der Waals surface area contributed by atoms with Crippen molar-refractivity contribution in [3.8, 4) is 0 Å². The van der Waals surface area contributed by atoms with Crippen LogP contribution in [0.5, 0.6) is 0 Å². The Hall–Kier alpha value is -1.19. The number of amides is 1. The van der Waals surface area contributed by atoms with Crippen LogP contribution in [-0.4, -0.2) is 24.0 Å². The lowest BCUT2D eigenvalue weighted by atomic mass is 10.3. The molecule has 0 spiro atoms. The van der Waals surface area contributed by atoms with Gasteiger partial charge in [-0.15, -0.1) is 0 Å². The normalized spacial score (nSPS) is 8.60. The summed E-state index contributed by atoms with van der Waals surface area (Å²) in [4.78, 5) is 30.9. The largest absolute Gasteiger partial charge is 0.349 e. The third-order valence-corrected chi connectivity index (χ3v) is 0.891. The van der Waals surface area contributed by atoms with Crippen molar-refractivity contribution in [2.24, 2.45) is 0 Å².